The highest BCUT2D eigenvalue weighted by atomic mass is 16.4. The molecule has 5 heteroatoms. The van der Waals surface area contributed by atoms with E-state index in [0.717, 1.165) is 0 Å². The maximum atomic E-state index is 10.0. The average molecular weight is 145 g/mol. The van der Waals surface area contributed by atoms with Gasteiger partial charge in [0, 0.05) is 0 Å². The normalized spacial score (nSPS) is 10.0. The Morgan fingerprint density at radius 3 is 2.50 bits per heavy atom. The molecule has 4 nitrogen and oxygen atoms in total. The van der Waals surface area contributed by atoms with Gasteiger partial charge in [0.2, 0.25) is 0 Å². The molecule has 0 aliphatic heterocycles. The fourth-order valence-corrected chi connectivity index (χ4v) is 0.459. The molecule has 2 N–H and O–H groups in total. The van der Waals surface area contributed by atoms with Gasteiger partial charge in [-0.25, -0.2) is 0 Å². The molecule has 0 rings (SSSR count). The Balaban J connectivity index is 3.39. The Bertz CT molecular complexity index is 117. The molecule has 0 aliphatic carbocycles. The van der Waals surface area contributed by atoms with Gasteiger partial charge in [-0.3, -0.25) is 4.79 Å². The zero-order valence-corrected chi connectivity index (χ0v) is 6.24. The van der Waals surface area contributed by atoms with E-state index >= 15 is 0 Å². The van der Waals surface area contributed by atoms with Crippen LogP contribution in [0.2, 0.25) is 6.82 Å². The van der Waals surface area contributed by atoms with Crippen molar-refractivity contribution in [3.05, 3.63) is 0 Å². The summed E-state index contributed by atoms with van der Waals surface area (Å²) in [7, 11) is 1.10. The van der Waals surface area contributed by atoms with E-state index in [1.807, 2.05) is 0 Å². The summed E-state index contributed by atoms with van der Waals surface area (Å²) in [4.78, 5) is 11.6. The highest BCUT2D eigenvalue weighted by Crippen LogP contribution is 1.89. The minimum atomic E-state index is -0.840. The molecule has 0 amide bonds. The Morgan fingerprint density at radius 1 is 1.70 bits per heavy atom. The summed E-state index contributed by atoms with van der Waals surface area (Å²) < 4.78 is 0. The molecule has 58 valence electrons. The summed E-state index contributed by atoms with van der Waals surface area (Å²) in [5.41, 5.74) is 0. The van der Waals surface area contributed by atoms with Crippen LogP contribution in [0.4, 0.5) is 0 Å². The zero-order valence-electron chi connectivity index (χ0n) is 6.24. The molecular formula is C5H12BNO3. The first-order valence-corrected chi connectivity index (χ1v) is 3.14. The second-order valence-corrected chi connectivity index (χ2v) is 2.26. The molecule has 0 atom stereocenters. The number of aliphatic carboxylic acids is 1. The van der Waals surface area contributed by atoms with Crippen LogP contribution < -0.4 is 0 Å². The first kappa shape index (κ1) is 9.45. The van der Waals surface area contributed by atoms with E-state index < -0.39 is 13.0 Å². The van der Waals surface area contributed by atoms with E-state index in [0.29, 0.717) is 6.54 Å². The average Bonchev–Trinajstić information content (AvgIpc) is 1.82. The van der Waals surface area contributed by atoms with Crippen molar-refractivity contribution in [3.8, 4) is 0 Å². The van der Waals surface area contributed by atoms with Gasteiger partial charge in [-0.15, -0.1) is 0 Å². The highest BCUT2D eigenvalue weighted by molar-refractivity contribution is 6.45. The van der Waals surface area contributed by atoms with Gasteiger partial charge in [0.1, 0.15) is 0 Å². The molecule has 0 heterocycles. The van der Waals surface area contributed by atoms with Crippen LogP contribution in [-0.2, 0) is 4.79 Å². The maximum Gasteiger partial charge on any atom is 0.376 e. The third-order valence-corrected chi connectivity index (χ3v) is 1.32. The van der Waals surface area contributed by atoms with Gasteiger partial charge < -0.3 is 14.9 Å². The second-order valence-electron chi connectivity index (χ2n) is 2.26. The largest absolute Gasteiger partial charge is 0.481 e. The van der Waals surface area contributed by atoms with Crippen molar-refractivity contribution in [1.82, 2.24) is 4.81 Å². The standard InChI is InChI=1S/C5H12BNO3/c1-6(10)7(2)4-3-5(8)9/h10H,3-4H2,1-2H3,(H,8,9). The number of hydrogen-bond donors (Lipinski definition) is 2. The van der Waals surface area contributed by atoms with Crippen molar-refractivity contribution in [1.29, 1.82) is 0 Å². The molecule has 0 unspecified atom stereocenters. The first-order chi connectivity index (χ1) is 4.54. The van der Waals surface area contributed by atoms with Gasteiger partial charge >= 0.3 is 13.0 Å². The van der Waals surface area contributed by atoms with Crippen molar-refractivity contribution in [2.45, 2.75) is 13.2 Å². The van der Waals surface area contributed by atoms with Crippen LogP contribution in [0, 0.1) is 0 Å². The fraction of sp³-hybridized carbons (Fsp3) is 0.800. The van der Waals surface area contributed by atoms with Crippen LogP contribution in [0.3, 0.4) is 0 Å². The SMILES string of the molecule is CB(O)N(C)CCC(=O)O. The summed E-state index contributed by atoms with van der Waals surface area (Å²) in [5, 5.41) is 17.1. The lowest BCUT2D eigenvalue weighted by Crippen LogP contribution is -2.34. The van der Waals surface area contributed by atoms with E-state index in [1.165, 1.54) is 0 Å². The van der Waals surface area contributed by atoms with Crippen molar-refractivity contribution < 1.29 is 14.9 Å². The smallest absolute Gasteiger partial charge is 0.376 e. The van der Waals surface area contributed by atoms with E-state index in [4.69, 9.17) is 10.1 Å². The summed E-state index contributed by atoms with van der Waals surface area (Å²) in [5.74, 6) is -0.840. The van der Waals surface area contributed by atoms with Crippen molar-refractivity contribution in [2.75, 3.05) is 13.6 Å². The molecule has 0 fully saturated rings. The van der Waals surface area contributed by atoms with Gasteiger partial charge in [-0.05, 0) is 20.4 Å². The molecule has 0 radical (unpaired) electrons. The number of hydrogen-bond acceptors (Lipinski definition) is 3. The quantitative estimate of drug-likeness (QED) is 0.523. The highest BCUT2D eigenvalue weighted by Gasteiger charge is 2.10. The van der Waals surface area contributed by atoms with E-state index in [-0.39, 0.29) is 6.42 Å². The monoisotopic (exact) mass is 145 g/mol. The number of rotatable bonds is 4. The zero-order chi connectivity index (χ0) is 8.15. The third-order valence-electron chi connectivity index (χ3n) is 1.32. The third kappa shape index (κ3) is 4.35. The lowest BCUT2D eigenvalue weighted by Gasteiger charge is -2.14. The number of carbonyl (C=O) groups is 1. The molecule has 0 spiro atoms. The summed E-state index contributed by atoms with van der Waals surface area (Å²) in [6.45, 7) is 1.98. The predicted octanol–water partition coefficient (Wildman–Crippen LogP) is -0.497. The maximum absolute atomic E-state index is 10.0. The number of carboxylic acid groups (broad SMARTS) is 1. The van der Waals surface area contributed by atoms with Gasteiger partial charge in [-0.1, -0.05) is 0 Å². The van der Waals surface area contributed by atoms with Crippen molar-refractivity contribution >= 4 is 13.0 Å². The summed E-state index contributed by atoms with van der Waals surface area (Å²) >= 11 is 0. The number of carboxylic acids is 1. The molecule has 0 aromatic heterocycles. The minimum Gasteiger partial charge on any atom is -0.481 e. The molecule has 0 aliphatic rings. The fourth-order valence-electron chi connectivity index (χ4n) is 0.459. The molecule has 0 saturated carbocycles. The summed E-state index contributed by atoms with van der Waals surface area (Å²) in [6.07, 6.45) is 0.0708. The Kier molecular flexibility index (Phi) is 4.06. The van der Waals surface area contributed by atoms with Crippen LogP contribution in [0.5, 0.6) is 0 Å². The second kappa shape index (κ2) is 4.30. The van der Waals surface area contributed by atoms with Crippen LogP contribution >= 0.6 is 0 Å². The topological polar surface area (TPSA) is 60.8 Å². The lowest BCUT2D eigenvalue weighted by molar-refractivity contribution is -0.137. The molecule has 0 aromatic rings. The van der Waals surface area contributed by atoms with Crippen LogP contribution in [0.15, 0.2) is 0 Å². The van der Waals surface area contributed by atoms with Gasteiger partial charge in [0.05, 0.1) is 6.42 Å². The van der Waals surface area contributed by atoms with Crippen molar-refractivity contribution in [3.63, 3.8) is 0 Å². The summed E-state index contributed by atoms with van der Waals surface area (Å²) in [6, 6.07) is 0. The first-order valence-electron chi connectivity index (χ1n) is 3.14. The lowest BCUT2D eigenvalue weighted by atomic mass is 9.86. The van der Waals surface area contributed by atoms with E-state index in [9.17, 15) is 4.79 Å². The van der Waals surface area contributed by atoms with Crippen molar-refractivity contribution in [2.24, 2.45) is 0 Å². The molecule has 10 heavy (non-hydrogen) atoms. The van der Waals surface area contributed by atoms with Gasteiger partial charge in [0.15, 0.2) is 0 Å². The molecule has 0 aromatic carbocycles. The van der Waals surface area contributed by atoms with E-state index in [2.05, 4.69) is 0 Å². The number of nitrogens with zero attached hydrogens (tertiary/aromatic N) is 1. The Hall–Kier alpha value is -0.545. The Labute approximate surface area is 60.6 Å². The van der Waals surface area contributed by atoms with Crippen LogP contribution in [0.25, 0.3) is 0 Å². The Morgan fingerprint density at radius 2 is 2.20 bits per heavy atom. The van der Waals surface area contributed by atoms with Crippen LogP contribution in [0.1, 0.15) is 6.42 Å². The van der Waals surface area contributed by atoms with Crippen LogP contribution in [-0.4, -0.2) is 41.6 Å². The van der Waals surface area contributed by atoms with E-state index in [1.54, 1.807) is 18.7 Å². The van der Waals surface area contributed by atoms with Gasteiger partial charge in [-0.2, -0.15) is 0 Å². The van der Waals surface area contributed by atoms with Gasteiger partial charge in [0.25, 0.3) is 0 Å². The molecule has 0 saturated heterocycles. The molecular weight excluding hydrogens is 133 g/mol. The predicted molar refractivity (Wildman–Crippen MR) is 38.7 cm³/mol. The molecule has 0 bridgehead atoms. The minimum absolute atomic E-state index is 0.0708.